The number of pyridine rings is 1. The minimum absolute atomic E-state index is 0.0529. The van der Waals surface area contributed by atoms with E-state index in [9.17, 15) is 14.5 Å². The summed E-state index contributed by atoms with van der Waals surface area (Å²) in [5, 5.41) is 29.3. The van der Waals surface area contributed by atoms with E-state index in [2.05, 4.69) is 31.1 Å². The van der Waals surface area contributed by atoms with Gasteiger partial charge < -0.3 is 14.9 Å². The van der Waals surface area contributed by atoms with Gasteiger partial charge in [0.15, 0.2) is 11.9 Å². The Balaban J connectivity index is 1.75. The van der Waals surface area contributed by atoms with Gasteiger partial charge in [-0.1, -0.05) is 0 Å². The summed E-state index contributed by atoms with van der Waals surface area (Å²) < 4.78 is 24.0. The van der Waals surface area contributed by atoms with Crippen molar-refractivity contribution in [3.8, 4) is 17.5 Å². The molecular formula is C23H19BrFN7O3. The van der Waals surface area contributed by atoms with Crippen molar-refractivity contribution in [3.63, 3.8) is 0 Å². The number of nitriles is 1. The van der Waals surface area contributed by atoms with E-state index >= 15 is 0 Å². The smallest absolute Gasteiger partial charge is 0.406 e. The maximum Gasteiger partial charge on any atom is 0.406 e. The molecule has 10 nitrogen and oxygen atoms in total. The molecule has 0 saturated carbocycles. The quantitative estimate of drug-likeness (QED) is 0.245. The van der Waals surface area contributed by atoms with Crippen LogP contribution < -0.4 is 4.74 Å². The molecule has 4 aromatic rings. The summed E-state index contributed by atoms with van der Waals surface area (Å²) in [6, 6.07) is 11.3. The van der Waals surface area contributed by atoms with Crippen LogP contribution in [-0.4, -0.2) is 29.5 Å². The zero-order chi connectivity index (χ0) is 25.3. The number of rotatable bonds is 7. The van der Waals surface area contributed by atoms with Gasteiger partial charge in [0.05, 0.1) is 21.5 Å². The van der Waals surface area contributed by atoms with Crippen molar-refractivity contribution >= 4 is 21.7 Å². The molecule has 35 heavy (non-hydrogen) atoms. The second-order valence-electron chi connectivity index (χ2n) is 7.82. The fourth-order valence-electron chi connectivity index (χ4n) is 3.73. The largest absolute Gasteiger partial charge is 0.478 e. The van der Waals surface area contributed by atoms with E-state index in [1.54, 1.807) is 35.5 Å². The molecule has 0 aliphatic rings. The fourth-order valence-corrected chi connectivity index (χ4v) is 4.04. The number of benzene rings is 1. The van der Waals surface area contributed by atoms with Gasteiger partial charge in [0.2, 0.25) is 5.75 Å². The third-order valence-corrected chi connectivity index (χ3v) is 5.72. The maximum absolute atomic E-state index is 14.3. The normalized spacial score (nSPS) is 11.8. The van der Waals surface area contributed by atoms with Crippen LogP contribution >= 0.6 is 15.9 Å². The first-order chi connectivity index (χ1) is 16.7. The summed E-state index contributed by atoms with van der Waals surface area (Å²) in [6.07, 6.45) is 0.937. The molecule has 0 amide bonds. The molecule has 0 aliphatic heterocycles. The summed E-state index contributed by atoms with van der Waals surface area (Å²) in [6.45, 7) is 3.50. The van der Waals surface area contributed by atoms with Crippen LogP contribution in [0.4, 0.5) is 10.2 Å². The third kappa shape index (κ3) is 5.04. The molecule has 4 rings (SSSR count). The van der Waals surface area contributed by atoms with Gasteiger partial charge in [-0.2, -0.15) is 15.5 Å². The van der Waals surface area contributed by atoms with E-state index in [1.807, 2.05) is 19.1 Å². The topological polar surface area (TPSA) is 125 Å². The van der Waals surface area contributed by atoms with Gasteiger partial charge in [-0.15, -0.1) is 0 Å². The van der Waals surface area contributed by atoms with Gasteiger partial charge in [-0.3, -0.25) is 4.68 Å². The Morgan fingerprint density at radius 1 is 1.26 bits per heavy atom. The molecule has 178 valence electrons. The van der Waals surface area contributed by atoms with Crippen LogP contribution in [-0.2, 0) is 13.5 Å². The van der Waals surface area contributed by atoms with Gasteiger partial charge in [0.25, 0.3) is 0 Å². The molecule has 0 saturated heterocycles. The van der Waals surface area contributed by atoms with E-state index < -0.39 is 22.7 Å². The van der Waals surface area contributed by atoms with Crippen LogP contribution in [0.25, 0.3) is 5.69 Å². The standard InChI is InChI=1S/C23H19BrFN7O3/c1-13-6-19(10-18-9-17(11-26)29-30(18)3)31(28-13)21-5-4-16(25)8-20(21)14(2)35-22-7-15(24)12-27-23(22)32(33)34/h4-9,12,14H,10H2,1-3H3. The molecule has 12 heteroatoms. The molecule has 3 aromatic heterocycles. The second-order valence-corrected chi connectivity index (χ2v) is 8.73. The number of hydrogen-bond donors (Lipinski definition) is 0. The lowest BCUT2D eigenvalue weighted by atomic mass is 10.1. The Morgan fingerprint density at radius 2 is 2.03 bits per heavy atom. The van der Waals surface area contributed by atoms with Crippen molar-refractivity contribution < 1.29 is 14.1 Å². The first-order valence-corrected chi connectivity index (χ1v) is 11.2. The second kappa shape index (κ2) is 9.63. The van der Waals surface area contributed by atoms with Crippen LogP contribution in [0.2, 0.25) is 0 Å². The van der Waals surface area contributed by atoms with Crippen LogP contribution in [0.5, 0.6) is 5.75 Å². The molecule has 3 heterocycles. The molecule has 1 atom stereocenters. The monoisotopic (exact) mass is 539 g/mol. The molecule has 1 aromatic carbocycles. The maximum atomic E-state index is 14.3. The SMILES string of the molecule is Cc1cc(Cc2cc(C#N)nn2C)n(-c2ccc(F)cc2C(C)Oc2cc(Br)cnc2[N+](=O)[O-])n1. The Kier molecular flexibility index (Phi) is 6.61. The van der Waals surface area contributed by atoms with E-state index in [-0.39, 0.29) is 5.75 Å². The van der Waals surface area contributed by atoms with Crippen LogP contribution in [0, 0.1) is 34.2 Å². The van der Waals surface area contributed by atoms with Crippen molar-refractivity contribution in [1.82, 2.24) is 24.5 Å². The van der Waals surface area contributed by atoms with E-state index in [4.69, 9.17) is 10.00 Å². The average molecular weight is 540 g/mol. The lowest BCUT2D eigenvalue weighted by Crippen LogP contribution is -2.13. The Bertz CT molecular complexity index is 1470. The molecule has 0 N–H and O–H groups in total. The predicted octanol–water partition coefficient (Wildman–Crippen LogP) is 4.72. The zero-order valence-electron chi connectivity index (χ0n) is 18.9. The van der Waals surface area contributed by atoms with Crippen molar-refractivity contribution in [2.75, 3.05) is 0 Å². The van der Waals surface area contributed by atoms with Gasteiger partial charge in [0, 0.05) is 30.8 Å². The minimum atomic E-state index is -0.783. The van der Waals surface area contributed by atoms with Gasteiger partial charge in [-0.05, 0) is 70.0 Å². The highest BCUT2D eigenvalue weighted by Crippen LogP contribution is 2.34. The number of aryl methyl sites for hydroxylation is 2. The van der Waals surface area contributed by atoms with Gasteiger partial charge in [0.1, 0.15) is 18.0 Å². The molecular weight excluding hydrogens is 521 g/mol. The highest BCUT2D eigenvalue weighted by molar-refractivity contribution is 9.10. The van der Waals surface area contributed by atoms with Gasteiger partial charge in [-0.25, -0.2) is 9.07 Å². The highest BCUT2D eigenvalue weighted by atomic mass is 79.9. The number of halogens is 2. The minimum Gasteiger partial charge on any atom is -0.478 e. The summed E-state index contributed by atoms with van der Waals surface area (Å²) in [5.74, 6) is -0.988. The molecule has 0 fully saturated rings. The third-order valence-electron chi connectivity index (χ3n) is 5.29. The summed E-state index contributed by atoms with van der Waals surface area (Å²) in [4.78, 5) is 14.6. The molecule has 0 radical (unpaired) electrons. The van der Waals surface area contributed by atoms with Gasteiger partial charge >= 0.3 is 5.82 Å². The lowest BCUT2D eigenvalue weighted by Gasteiger charge is -2.19. The summed E-state index contributed by atoms with van der Waals surface area (Å²) in [7, 11) is 1.75. The number of aromatic nitrogens is 5. The van der Waals surface area contributed by atoms with E-state index in [0.29, 0.717) is 27.8 Å². The summed E-state index contributed by atoms with van der Waals surface area (Å²) >= 11 is 3.24. The number of hydrogen-bond acceptors (Lipinski definition) is 7. The number of nitro groups is 1. The lowest BCUT2D eigenvalue weighted by molar-refractivity contribution is -0.390. The first kappa shape index (κ1) is 24.0. The number of nitrogens with zero attached hydrogens (tertiary/aromatic N) is 7. The fraction of sp³-hybridized carbons (Fsp3) is 0.217. The van der Waals surface area contributed by atoms with E-state index in [1.165, 1.54) is 24.4 Å². The molecule has 0 bridgehead atoms. The molecule has 1 unspecified atom stereocenters. The Hall–Kier alpha value is -4.11. The van der Waals surface area contributed by atoms with Crippen LogP contribution in [0.15, 0.2) is 47.1 Å². The van der Waals surface area contributed by atoms with Crippen molar-refractivity contribution in [3.05, 3.63) is 91.3 Å². The first-order valence-electron chi connectivity index (χ1n) is 10.4. The number of ether oxygens (including phenoxy) is 1. The average Bonchev–Trinajstić information content (AvgIpc) is 3.35. The van der Waals surface area contributed by atoms with Crippen LogP contribution in [0.1, 0.15) is 41.4 Å². The van der Waals surface area contributed by atoms with Crippen molar-refractivity contribution in [1.29, 1.82) is 5.26 Å². The molecule has 0 spiro atoms. The Labute approximate surface area is 207 Å². The zero-order valence-corrected chi connectivity index (χ0v) is 20.5. The van der Waals surface area contributed by atoms with Crippen LogP contribution in [0.3, 0.4) is 0 Å². The Morgan fingerprint density at radius 3 is 2.71 bits per heavy atom. The molecule has 0 aliphatic carbocycles. The van der Waals surface area contributed by atoms with Crippen molar-refractivity contribution in [2.45, 2.75) is 26.4 Å². The predicted molar refractivity (Wildman–Crippen MR) is 127 cm³/mol. The highest BCUT2D eigenvalue weighted by Gasteiger charge is 2.24. The van der Waals surface area contributed by atoms with E-state index in [0.717, 1.165) is 17.1 Å². The van der Waals surface area contributed by atoms with Crippen molar-refractivity contribution in [2.24, 2.45) is 7.05 Å². The summed E-state index contributed by atoms with van der Waals surface area (Å²) in [5.41, 5.74) is 3.61.